The molecule has 116 valence electrons. The third kappa shape index (κ3) is 4.86. The molecule has 0 saturated heterocycles. The number of carboxylic acids is 1. The van der Waals surface area contributed by atoms with Gasteiger partial charge in [-0.05, 0) is 30.9 Å². The quantitative estimate of drug-likeness (QED) is 0.757. The summed E-state index contributed by atoms with van der Waals surface area (Å²) in [6, 6.07) is 3.47. The number of nitrogens with one attached hydrogen (secondary N) is 1. The van der Waals surface area contributed by atoms with E-state index in [0.29, 0.717) is 36.8 Å². The van der Waals surface area contributed by atoms with Crippen LogP contribution in [0, 0.1) is 19.8 Å². The first-order valence-corrected chi connectivity index (χ1v) is 7.04. The van der Waals surface area contributed by atoms with Gasteiger partial charge in [0.15, 0.2) is 0 Å². The molecule has 0 unspecified atom stereocenters. The third-order valence-corrected chi connectivity index (χ3v) is 3.05. The monoisotopic (exact) mass is 293 g/mol. The molecular formula is C16H23NO4. The highest BCUT2D eigenvalue weighted by Crippen LogP contribution is 2.18. The number of hydrogen-bond acceptors (Lipinski definition) is 3. The Morgan fingerprint density at radius 1 is 1.19 bits per heavy atom. The Kier molecular flexibility index (Phi) is 6.37. The molecule has 1 rings (SSSR count). The SMILES string of the molecule is Cc1ccc(C)c(C(=O)NCCOCC(C)C)c1C(=O)O. The van der Waals surface area contributed by atoms with Crippen molar-refractivity contribution in [2.45, 2.75) is 27.7 Å². The number of carbonyl (C=O) groups excluding carboxylic acids is 1. The minimum atomic E-state index is -1.09. The van der Waals surface area contributed by atoms with Crippen molar-refractivity contribution in [2.24, 2.45) is 5.92 Å². The van der Waals surface area contributed by atoms with E-state index in [1.807, 2.05) is 13.8 Å². The molecule has 0 aromatic heterocycles. The van der Waals surface area contributed by atoms with Crippen molar-refractivity contribution in [1.29, 1.82) is 0 Å². The minimum absolute atomic E-state index is 0.0654. The van der Waals surface area contributed by atoms with Crippen LogP contribution in [0.5, 0.6) is 0 Å². The fraction of sp³-hybridized carbons (Fsp3) is 0.500. The zero-order valence-corrected chi connectivity index (χ0v) is 13.0. The van der Waals surface area contributed by atoms with Crippen LogP contribution in [-0.2, 0) is 4.74 Å². The van der Waals surface area contributed by atoms with Crippen LogP contribution in [-0.4, -0.2) is 36.7 Å². The number of aromatic carboxylic acids is 1. The van der Waals surface area contributed by atoms with Crippen LogP contribution >= 0.6 is 0 Å². The standard InChI is InChI=1S/C16H23NO4/c1-10(2)9-21-8-7-17-15(18)13-11(3)5-6-12(4)14(13)16(19)20/h5-6,10H,7-9H2,1-4H3,(H,17,18)(H,19,20). The van der Waals surface area contributed by atoms with Gasteiger partial charge in [0, 0.05) is 13.2 Å². The summed E-state index contributed by atoms with van der Waals surface area (Å²) < 4.78 is 5.38. The molecule has 0 bridgehead atoms. The van der Waals surface area contributed by atoms with Crippen LogP contribution in [0.1, 0.15) is 45.7 Å². The molecular weight excluding hydrogens is 270 g/mol. The van der Waals surface area contributed by atoms with Gasteiger partial charge in [-0.3, -0.25) is 4.79 Å². The van der Waals surface area contributed by atoms with Gasteiger partial charge < -0.3 is 15.2 Å². The second kappa shape index (κ2) is 7.78. The van der Waals surface area contributed by atoms with Crippen molar-refractivity contribution < 1.29 is 19.4 Å². The largest absolute Gasteiger partial charge is 0.478 e. The molecule has 0 aliphatic heterocycles. The maximum Gasteiger partial charge on any atom is 0.336 e. The summed E-state index contributed by atoms with van der Waals surface area (Å²) in [6.07, 6.45) is 0. The number of carboxylic acid groups (broad SMARTS) is 1. The van der Waals surface area contributed by atoms with E-state index < -0.39 is 5.97 Å². The Morgan fingerprint density at radius 2 is 1.76 bits per heavy atom. The van der Waals surface area contributed by atoms with Crippen LogP contribution in [0.4, 0.5) is 0 Å². The average Bonchev–Trinajstić information content (AvgIpc) is 2.39. The molecule has 21 heavy (non-hydrogen) atoms. The van der Waals surface area contributed by atoms with Crippen LogP contribution in [0.15, 0.2) is 12.1 Å². The smallest absolute Gasteiger partial charge is 0.336 e. The highest BCUT2D eigenvalue weighted by molar-refractivity contribution is 6.06. The van der Waals surface area contributed by atoms with Crippen molar-refractivity contribution in [3.63, 3.8) is 0 Å². The van der Waals surface area contributed by atoms with Gasteiger partial charge in [0.25, 0.3) is 5.91 Å². The van der Waals surface area contributed by atoms with Crippen LogP contribution in [0.3, 0.4) is 0 Å². The Hall–Kier alpha value is -1.88. The molecule has 1 amide bonds. The summed E-state index contributed by atoms with van der Waals surface area (Å²) in [5, 5.41) is 12.0. The number of benzene rings is 1. The number of aryl methyl sites for hydroxylation is 2. The molecule has 0 fully saturated rings. The van der Waals surface area contributed by atoms with E-state index in [9.17, 15) is 14.7 Å². The van der Waals surface area contributed by atoms with Crippen molar-refractivity contribution in [3.8, 4) is 0 Å². The Labute approximate surface area is 125 Å². The molecule has 1 aromatic carbocycles. The maximum atomic E-state index is 12.2. The Bertz CT molecular complexity index is 523. The van der Waals surface area contributed by atoms with E-state index in [0.717, 1.165) is 0 Å². The molecule has 0 heterocycles. The van der Waals surface area contributed by atoms with Gasteiger partial charge in [0.05, 0.1) is 17.7 Å². The fourth-order valence-corrected chi connectivity index (χ4v) is 2.02. The molecule has 0 atom stereocenters. The van der Waals surface area contributed by atoms with E-state index >= 15 is 0 Å². The minimum Gasteiger partial charge on any atom is -0.478 e. The molecule has 0 saturated carbocycles. The Morgan fingerprint density at radius 3 is 2.29 bits per heavy atom. The first-order chi connectivity index (χ1) is 9.84. The van der Waals surface area contributed by atoms with E-state index in [4.69, 9.17) is 4.74 Å². The van der Waals surface area contributed by atoms with E-state index in [1.54, 1.807) is 26.0 Å². The van der Waals surface area contributed by atoms with Gasteiger partial charge in [-0.2, -0.15) is 0 Å². The Balaban J connectivity index is 2.74. The van der Waals surface area contributed by atoms with E-state index in [-0.39, 0.29) is 17.0 Å². The van der Waals surface area contributed by atoms with Crippen LogP contribution in [0.25, 0.3) is 0 Å². The number of carbonyl (C=O) groups is 2. The lowest BCUT2D eigenvalue weighted by molar-refractivity contribution is 0.0689. The van der Waals surface area contributed by atoms with Crippen LogP contribution in [0.2, 0.25) is 0 Å². The second-order valence-electron chi connectivity index (χ2n) is 5.48. The summed E-state index contributed by atoms with van der Waals surface area (Å²) in [5.41, 5.74) is 1.52. The molecule has 1 aromatic rings. The molecule has 0 aliphatic carbocycles. The normalized spacial score (nSPS) is 10.7. The van der Waals surface area contributed by atoms with Gasteiger partial charge >= 0.3 is 5.97 Å². The summed E-state index contributed by atoms with van der Waals surface area (Å²) in [5.74, 6) is -1.02. The molecule has 0 radical (unpaired) electrons. The van der Waals surface area contributed by atoms with Crippen molar-refractivity contribution >= 4 is 11.9 Å². The zero-order chi connectivity index (χ0) is 16.0. The number of amides is 1. The fourth-order valence-electron chi connectivity index (χ4n) is 2.02. The van der Waals surface area contributed by atoms with Gasteiger partial charge in [-0.1, -0.05) is 26.0 Å². The number of rotatable bonds is 7. The predicted octanol–water partition coefficient (Wildman–Crippen LogP) is 2.40. The molecule has 0 aliphatic rings. The lowest BCUT2D eigenvalue weighted by atomic mass is 9.96. The average molecular weight is 293 g/mol. The summed E-state index contributed by atoms with van der Waals surface area (Å²) in [4.78, 5) is 23.6. The van der Waals surface area contributed by atoms with Gasteiger partial charge in [0.2, 0.25) is 0 Å². The lowest BCUT2D eigenvalue weighted by Gasteiger charge is -2.13. The number of ether oxygens (including phenoxy) is 1. The summed E-state index contributed by atoms with van der Waals surface area (Å²) >= 11 is 0. The highest BCUT2D eigenvalue weighted by Gasteiger charge is 2.20. The lowest BCUT2D eigenvalue weighted by Crippen LogP contribution is -2.30. The van der Waals surface area contributed by atoms with Crippen molar-refractivity contribution in [3.05, 3.63) is 34.4 Å². The molecule has 2 N–H and O–H groups in total. The third-order valence-electron chi connectivity index (χ3n) is 3.05. The van der Waals surface area contributed by atoms with E-state index in [2.05, 4.69) is 5.32 Å². The van der Waals surface area contributed by atoms with Gasteiger partial charge in [-0.15, -0.1) is 0 Å². The van der Waals surface area contributed by atoms with Crippen molar-refractivity contribution in [1.82, 2.24) is 5.32 Å². The highest BCUT2D eigenvalue weighted by atomic mass is 16.5. The van der Waals surface area contributed by atoms with Crippen molar-refractivity contribution in [2.75, 3.05) is 19.8 Å². The predicted molar refractivity (Wildman–Crippen MR) is 80.9 cm³/mol. The first-order valence-electron chi connectivity index (χ1n) is 7.04. The van der Waals surface area contributed by atoms with E-state index in [1.165, 1.54) is 0 Å². The van der Waals surface area contributed by atoms with Gasteiger partial charge in [0.1, 0.15) is 0 Å². The zero-order valence-electron chi connectivity index (χ0n) is 13.0. The maximum absolute atomic E-state index is 12.2. The topological polar surface area (TPSA) is 75.6 Å². The number of hydrogen-bond donors (Lipinski definition) is 2. The molecule has 5 nitrogen and oxygen atoms in total. The second-order valence-corrected chi connectivity index (χ2v) is 5.48. The molecule has 0 spiro atoms. The molecule has 5 heteroatoms. The first kappa shape index (κ1) is 17.2. The van der Waals surface area contributed by atoms with Crippen LogP contribution < -0.4 is 5.32 Å². The summed E-state index contributed by atoms with van der Waals surface area (Å²) in [6.45, 7) is 8.93. The summed E-state index contributed by atoms with van der Waals surface area (Å²) in [7, 11) is 0. The van der Waals surface area contributed by atoms with Gasteiger partial charge in [-0.25, -0.2) is 4.79 Å².